The van der Waals surface area contributed by atoms with E-state index in [2.05, 4.69) is 4.72 Å². The van der Waals surface area contributed by atoms with Crippen molar-refractivity contribution in [1.29, 1.82) is 0 Å². The Morgan fingerprint density at radius 2 is 1.53 bits per heavy atom. The van der Waals surface area contributed by atoms with E-state index >= 15 is 0 Å². The zero-order valence-corrected chi connectivity index (χ0v) is 20.8. The molecular formula is C27H27N3O5S. The van der Waals surface area contributed by atoms with Gasteiger partial charge in [-0.15, -0.1) is 0 Å². The van der Waals surface area contributed by atoms with Crippen LogP contribution in [0.3, 0.4) is 0 Å². The molecule has 0 spiro atoms. The number of sulfonamides is 1. The Morgan fingerprint density at radius 1 is 0.917 bits per heavy atom. The molecule has 0 saturated carbocycles. The van der Waals surface area contributed by atoms with Crippen molar-refractivity contribution in [3.05, 3.63) is 95.6 Å². The molecule has 0 bridgehead atoms. The third-order valence-corrected chi connectivity index (χ3v) is 7.24. The van der Waals surface area contributed by atoms with Crippen molar-refractivity contribution < 1.29 is 23.1 Å². The Balaban J connectivity index is 1.84. The number of ketones is 1. The van der Waals surface area contributed by atoms with Crippen molar-refractivity contribution in [2.45, 2.75) is 11.3 Å². The lowest BCUT2D eigenvalue weighted by Gasteiger charge is -2.11. The highest BCUT2D eigenvalue weighted by atomic mass is 32.2. The second-order valence-electron chi connectivity index (χ2n) is 8.63. The van der Waals surface area contributed by atoms with Gasteiger partial charge in [-0.25, -0.2) is 17.7 Å². The Bertz CT molecular complexity index is 1510. The SMILES string of the molecule is CN(C)CCCNS(=O)(=O)c1ccc2c(c1)c(C(=O)c1ccccc1)c(O)n2C(=O)c1ccccc1. The summed E-state index contributed by atoms with van der Waals surface area (Å²) < 4.78 is 29.6. The predicted octanol–water partition coefficient (Wildman–Crippen LogP) is 3.50. The molecule has 2 N–H and O–H groups in total. The van der Waals surface area contributed by atoms with Gasteiger partial charge in [0.05, 0.1) is 16.0 Å². The number of hydrogen-bond acceptors (Lipinski definition) is 6. The summed E-state index contributed by atoms with van der Waals surface area (Å²) >= 11 is 0. The van der Waals surface area contributed by atoms with Crippen LogP contribution in [0.5, 0.6) is 5.88 Å². The normalized spacial score (nSPS) is 11.8. The molecule has 0 amide bonds. The average Bonchev–Trinajstić information content (AvgIpc) is 3.17. The van der Waals surface area contributed by atoms with Crippen molar-refractivity contribution >= 4 is 32.6 Å². The molecule has 0 unspecified atom stereocenters. The molecule has 4 rings (SSSR count). The third kappa shape index (κ3) is 5.08. The van der Waals surface area contributed by atoms with Crippen LogP contribution in [0, 0.1) is 0 Å². The smallest absolute Gasteiger partial charge is 0.265 e. The van der Waals surface area contributed by atoms with E-state index in [0.717, 1.165) is 11.1 Å². The fraction of sp³-hybridized carbons (Fsp3) is 0.185. The van der Waals surface area contributed by atoms with Crippen LogP contribution in [-0.2, 0) is 10.0 Å². The van der Waals surface area contributed by atoms with Crippen LogP contribution in [0.1, 0.15) is 32.7 Å². The van der Waals surface area contributed by atoms with Crippen LogP contribution >= 0.6 is 0 Å². The largest absolute Gasteiger partial charge is 0.494 e. The molecule has 0 atom stereocenters. The van der Waals surface area contributed by atoms with E-state index in [0.29, 0.717) is 17.5 Å². The molecular weight excluding hydrogens is 478 g/mol. The maximum atomic E-state index is 13.4. The predicted molar refractivity (Wildman–Crippen MR) is 138 cm³/mol. The number of hydrogen-bond donors (Lipinski definition) is 2. The first-order chi connectivity index (χ1) is 17.2. The lowest BCUT2D eigenvalue weighted by Crippen LogP contribution is -2.27. The quantitative estimate of drug-likeness (QED) is 0.266. The maximum absolute atomic E-state index is 13.4. The zero-order chi connectivity index (χ0) is 25.9. The minimum absolute atomic E-state index is 0.0636. The Kier molecular flexibility index (Phi) is 7.35. The highest BCUT2D eigenvalue weighted by molar-refractivity contribution is 7.89. The summed E-state index contributed by atoms with van der Waals surface area (Å²) in [4.78, 5) is 28.6. The van der Waals surface area contributed by atoms with Gasteiger partial charge in [0.25, 0.3) is 5.91 Å². The number of rotatable bonds is 9. The van der Waals surface area contributed by atoms with E-state index < -0.39 is 27.6 Å². The maximum Gasteiger partial charge on any atom is 0.265 e. The van der Waals surface area contributed by atoms with Gasteiger partial charge in [-0.1, -0.05) is 48.5 Å². The summed E-state index contributed by atoms with van der Waals surface area (Å²) in [6.07, 6.45) is 0.620. The van der Waals surface area contributed by atoms with E-state index in [-0.39, 0.29) is 27.9 Å². The van der Waals surface area contributed by atoms with E-state index in [9.17, 15) is 23.1 Å². The van der Waals surface area contributed by atoms with Gasteiger partial charge in [-0.05, 0) is 57.4 Å². The molecule has 9 heteroatoms. The molecule has 0 aliphatic carbocycles. The Hall–Kier alpha value is -3.79. The highest BCUT2D eigenvalue weighted by Gasteiger charge is 2.28. The number of carbonyl (C=O) groups excluding carboxylic acids is 2. The molecule has 8 nitrogen and oxygen atoms in total. The molecule has 0 radical (unpaired) electrons. The van der Waals surface area contributed by atoms with Gasteiger partial charge < -0.3 is 10.0 Å². The molecule has 0 aliphatic rings. The van der Waals surface area contributed by atoms with Crippen LogP contribution in [0.15, 0.2) is 83.8 Å². The molecule has 0 fully saturated rings. The van der Waals surface area contributed by atoms with Crippen molar-refractivity contribution in [1.82, 2.24) is 14.2 Å². The summed E-state index contributed by atoms with van der Waals surface area (Å²) in [5.74, 6) is -1.60. The molecule has 1 heterocycles. The van der Waals surface area contributed by atoms with Crippen LogP contribution < -0.4 is 4.72 Å². The lowest BCUT2D eigenvalue weighted by molar-refractivity contribution is 0.0956. The highest BCUT2D eigenvalue weighted by Crippen LogP contribution is 2.35. The Labute approximate surface area is 209 Å². The summed E-state index contributed by atoms with van der Waals surface area (Å²) in [6.45, 7) is 0.961. The second-order valence-corrected chi connectivity index (χ2v) is 10.4. The van der Waals surface area contributed by atoms with E-state index in [1.165, 1.54) is 18.2 Å². The van der Waals surface area contributed by atoms with Crippen molar-refractivity contribution in [2.75, 3.05) is 27.2 Å². The monoisotopic (exact) mass is 505 g/mol. The van der Waals surface area contributed by atoms with Crippen molar-refractivity contribution in [3.8, 4) is 5.88 Å². The Morgan fingerprint density at radius 3 is 2.14 bits per heavy atom. The van der Waals surface area contributed by atoms with E-state index in [4.69, 9.17) is 0 Å². The minimum Gasteiger partial charge on any atom is -0.494 e. The first-order valence-corrected chi connectivity index (χ1v) is 12.9. The third-order valence-electron chi connectivity index (χ3n) is 5.79. The van der Waals surface area contributed by atoms with Crippen LogP contribution in [0.2, 0.25) is 0 Å². The summed E-state index contributed by atoms with van der Waals surface area (Å²) in [7, 11) is -0.0797. The van der Waals surface area contributed by atoms with Gasteiger partial charge in [-0.3, -0.25) is 9.59 Å². The number of aromatic nitrogens is 1. The number of aromatic hydroxyl groups is 1. The summed E-state index contributed by atoms with van der Waals surface area (Å²) in [5.41, 5.74) is 0.703. The molecule has 36 heavy (non-hydrogen) atoms. The first kappa shape index (κ1) is 25.3. The van der Waals surface area contributed by atoms with E-state index in [1.54, 1.807) is 60.7 Å². The molecule has 4 aromatic rings. The summed E-state index contributed by atoms with van der Waals surface area (Å²) in [5, 5.41) is 11.3. The fourth-order valence-corrected chi connectivity index (χ4v) is 5.08. The van der Waals surface area contributed by atoms with Gasteiger partial charge in [0, 0.05) is 23.1 Å². The van der Waals surface area contributed by atoms with Crippen molar-refractivity contribution in [3.63, 3.8) is 0 Å². The van der Waals surface area contributed by atoms with E-state index in [1.807, 2.05) is 19.0 Å². The topological polar surface area (TPSA) is 109 Å². The van der Waals surface area contributed by atoms with Gasteiger partial charge in [0.15, 0.2) is 5.78 Å². The number of carbonyl (C=O) groups is 2. The van der Waals surface area contributed by atoms with Gasteiger partial charge in [-0.2, -0.15) is 0 Å². The van der Waals surface area contributed by atoms with Gasteiger partial charge in [0.1, 0.15) is 0 Å². The minimum atomic E-state index is -3.89. The van der Waals surface area contributed by atoms with Crippen LogP contribution in [0.4, 0.5) is 0 Å². The molecule has 0 saturated heterocycles. The lowest BCUT2D eigenvalue weighted by atomic mass is 10.0. The van der Waals surface area contributed by atoms with Crippen LogP contribution in [-0.4, -0.2) is 61.9 Å². The standard InChI is InChI=1S/C27H27N3O5S/c1-29(2)17-9-16-28-36(34,35)21-14-15-23-22(18-21)24(25(31)19-10-5-3-6-11-19)27(33)30(23)26(32)20-12-7-4-8-13-20/h3-8,10-15,18,28,33H,9,16-17H2,1-2H3. The molecule has 0 aliphatic heterocycles. The molecule has 1 aromatic heterocycles. The molecule has 186 valence electrons. The number of nitrogens with zero attached hydrogens (tertiary/aromatic N) is 2. The van der Waals surface area contributed by atoms with Crippen LogP contribution in [0.25, 0.3) is 10.9 Å². The van der Waals surface area contributed by atoms with Gasteiger partial charge >= 0.3 is 0 Å². The first-order valence-electron chi connectivity index (χ1n) is 11.4. The number of benzene rings is 3. The van der Waals surface area contributed by atoms with Crippen molar-refractivity contribution in [2.24, 2.45) is 0 Å². The number of fused-ring (bicyclic) bond motifs is 1. The number of nitrogens with one attached hydrogen (secondary N) is 1. The second kappa shape index (κ2) is 10.4. The zero-order valence-electron chi connectivity index (χ0n) is 20.0. The molecule has 3 aromatic carbocycles. The fourth-order valence-electron chi connectivity index (χ4n) is 3.98. The summed E-state index contributed by atoms with van der Waals surface area (Å²) in [6, 6.07) is 20.8. The van der Waals surface area contributed by atoms with Gasteiger partial charge in [0.2, 0.25) is 15.9 Å². The average molecular weight is 506 g/mol.